The van der Waals surface area contributed by atoms with Crippen LogP contribution in [-0.2, 0) is 6.42 Å². The summed E-state index contributed by atoms with van der Waals surface area (Å²) in [5.41, 5.74) is 1.48. The normalized spacial score (nSPS) is 21.6. The van der Waals surface area contributed by atoms with Crippen molar-refractivity contribution in [1.29, 1.82) is 0 Å². The van der Waals surface area contributed by atoms with Crippen LogP contribution < -0.4 is 5.32 Å². The van der Waals surface area contributed by atoms with Gasteiger partial charge in [0.1, 0.15) is 0 Å². The Kier molecular flexibility index (Phi) is 6.72. The van der Waals surface area contributed by atoms with Crippen molar-refractivity contribution in [2.24, 2.45) is 5.92 Å². The molecule has 2 unspecified atom stereocenters. The lowest BCUT2D eigenvalue weighted by Crippen LogP contribution is -2.46. The number of benzene rings is 1. The summed E-state index contributed by atoms with van der Waals surface area (Å²) in [4.78, 5) is 2.74. The molecule has 0 amide bonds. The lowest BCUT2D eigenvalue weighted by molar-refractivity contribution is 0.117. The van der Waals surface area contributed by atoms with E-state index in [9.17, 15) is 0 Å². The van der Waals surface area contributed by atoms with E-state index in [1.54, 1.807) is 0 Å². The van der Waals surface area contributed by atoms with Gasteiger partial charge in [0.25, 0.3) is 0 Å². The maximum atomic E-state index is 3.62. The van der Waals surface area contributed by atoms with Crippen molar-refractivity contribution >= 4 is 0 Å². The van der Waals surface area contributed by atoms with Crippen molar-refractivity contribution in [3.63, 3.8) is 0 Å². The highest BCUT2D eigenvalue weighted by Crippen LogP contribution is 2.21. The maximum absolute atomic E-state index is 3.62. The first-order valence-corrected chi connectivity index (χ1v) is 8.70. The Morgan fingerprint density at radius 2 is 2.00 bits per heavy atom. The van der Waals surface area contributed by atoms with Gasteiger partial charge in [-0.05, 0) is 50.3 Å². The van der Waals surface area contributed by atoms with E-state index in [4.69, 9.17) is 0 Å². The number of nitrogens with one attached hydrogen (secondary N) is 1. The summed E-state index contributed by atoms with van der Waals surface area (Å²) in [6, 6.07) is 12.3. The smallest absolute Gasteiger partial charge is 0.0133 e. The molecule has 2 nitrogen and oxygen atoms in total. The number of hydrogen-bond donors (Lipinski definition) is 1. The Morgan fingerprint density at radius 3 is 2.67 bits per heavy atom. The number of hydrogen-bond acceptors (Lipinski definition) is 2. The van der Waals surface area contributed by atoms with Gasteiger partial charge in [-0.3, -0.25) is 4.90 Å². The van der Waals surface area contributed by atoms with Gasteiger partial charge in [0, 0.05) is 18.6 Å². The molecule has 2 rings (SSSR count). The fourth-order valence-electron chi connectivity index (χ4n) is 3.42. The Bertz CT molecular complexity index is 388. The molecule has 0 radical (unpaired) electrons. The zero-order valence-corrected chi connectivity index (χ0v) is 14.0. The first-order chi connectivity index (χ1) is 10.2. The van der Waals surface area contributed by atoms with Crippen LogP contribution in [0.1, 0.15) is 45.6 Å². The lowest BCUT2D eigenvalue weighted by atomic mass is 9.94. The van der Waals surface area contributed by atoms with Crippen LogP contribution in [0.5, 0.6) is 0 Å². The van der Waals surface area contributed by atoms with Crippen molar-refractivity contribution in [2.45, 2.75) is 58.5 Å². The van der Waals surface area contributed by atoms with Gasteiger partial charge in [0.2, 0.25) is 0 Å². The number of likely N-dealkylation sites (tertiary alicyclic amines) is 1. The monoisotopic (exact) mass is 288 g/mol. The number of piperidine rings is 1. The number of rotatable bonds is 7. The molecule has 2 atom stereocenters. The highest BCUT2D eigenvalue weighted by Gasteiger charge is 2.25. The van der Waals surface area contributed by atoms with Crippen molar-refractivity contribution in [3.8, 4) is 0 Å². The number of nitrogens with zero attached hydrogens (tertiary/aromatic N) is 1. The van der Waals surface area contributed by atoms with E-state index >= 15 is 0 Å². The van der Waals surface area contributed by atoms with E-state index in [0.717, 1.165) is 5.92 Å². The Morgan fingerprint density at radius 1 is 1.24 bits per heavy atom. The maximum Gasteiger partial charge on any atom is 0.0133 e. The highest BCUT2D eigenvalue weighted by molar-refractivity contribution is 5.16. The second kappa shape index (κ2) is 8.55. The zero-order valence-electron chi connectivity index (χ0n) is 14.0. The second-order valence-corrected chi connectivity index (χ2v) is 6.82. The third-order valence-electron chi connectivity index (χ3n) is 4.67. The predicted octanol–water partition coefficient (Wildman–Crippen LogP) is 3.72. The molecular weight excluding hydrogens is 256 g/mol. The molecule has 1 fully saturated rings. The summed E-state index contributed by atoms with van der Waals surface area (Å²) in [5.74, 6) is 0.825. The van der Waals surface area contributed by atoms with E-state index in [1.807, 2.05) is 0 Å². The summed E-state index contributed by atoms with van der Waals surface area (Å²) < 4.78 is 0. The second-order valence-electron chi connectivity index (χ2n) is 6.82. The standard InChI is InChI=1S/C19H32N2/c1-4-19(13-17-9-6-5-7-10-17)21-12-8-11-18(15-21)14-20-16(2)3/h5-7,9-10,16,18-20H,4,8,11-15H2,1-3H3. The molecule has 0 saturated carbocycles. The van der Waals surface area contributed by atoms with E-state index in [0.29, 0.717) is 12.1 Å². The van der Waals surface area contributed by atoms with Crippen LogP contribution in [0.15, 0.2) is 30.3 Å². The van der Waals surface area contributed by atoms with Crippen molar-refractivity contribution < 1.29 is 0 Å². The van der Waals surface area contributed by atoms with E-state index in [2.05, 4.69) is 61.3 Å². The first kappa shape index (κ1) is 16.5. The van der Waals surface area contributed by atoms with E-state index < -0.39 is 0 Å². The molecule has 118 valence electrons. The molecule has 0 aliphatic carbocycles. The van der Waals surface area contributed by atoms with Crippen LogP contribution in [0.2, 0.25) is 0 Å². The largest absolute Gasteiger partial charge is 0.314 e. The topological polar surface area (TPSA) is 15.3 Å². The minimum atomic E-state index is 0.603. The molecular formula is C19H32N2. The van der Waals surface area contributed by atoms with Crippen molar-refractivity contribution in [3.05, 3.63) is 35.9 Å². The van der Waals surface area contributed by atoms with Gasteiger partial charge < -0.3 is 5.32 Å². The molecule has 1 aromatic rings. The Hall–Kier alpha value is -0.860. The molecule has 21 heavy (non-hydrogen) atoms. The molecule has 1 aliphatic rings. The quantitative estimate of drug-likeness (QED) is 0.822. The summed E-state index contributed by atoms with van der Waals surface area (Å²) >= 11 is 0. The van der Waals surface area contributed by atoms with Gasteiger partial charge in [0.15, 0.2) is 0 Å². The molecule has 1 aliphatic heterocycles. The SMILES string of the molecule is CCC(Cc1ccccc1)N1CCCC(CNC(C)C)C1. The van der Waals surface area contributed by atoms with Gasteiger partial charge >= 0.3 is 0 Å². The van der Waals surface area contributed by atoms with Gasteiger partial charge in [-0.25, -0.2) is 0 Å². The Balaban J connectivity index is 1.88. The van der Waals surface area contributed by atoms with E-state index in [-0.39, 0.29) is 0 Å². The van der Waals surface area contributed by atoms with Crippen LogP contribution in [-0.4, -0.2) is 36.6 Å². The summed E-state index contributed by atoms with van der Waals surface area (Å²) in [5, 5.41) is 3.62. The predicted molar refractivity (Wildman–Crippen MR) is 91.7 cm³/mol. The molecule has 1 heterocycles. The van der Waals surface area contributed by atoms with Gasteiger partial charge in [0.05, 0.1) is 0 Å². The van der Waals surface area contributed by atoms with E-state index in [1.165, 1.54) is 50.9 Å². The molecule has 1 saturated heterocycles. The van der Waals surface area contributed by atoms with Crippen molar-refractivity contribution in [2.75, 3.05) is 19.6 Å². The van der Waals surface area contributed by atoms with Crippen LogP contribution >= 0.6 is 0 Å². The van der Waals surface area contributed by atoms with Crippen LogP contribution in [0.25, 0.3) is 0 Å². The molecule has 1 aromatic carbocycles. The molecule has 0 spiro atoms. The zero-order chi connectivity index (χ0) is 15.1. The third kappa shape index (κ3) is 5.44. The first-order valence-electron chi connectivity index (χ1n) is 8.70. The summed E-state index contributed by atoms with van der Waals surface area (Å²) in [6.45, 7) is 10.5. The molecule has 2 heteroatoms. The highest BCUT2D eigenvalue weighted by atomic mass is 15.2. The average molecular weight is 288 g/mol. The molecule has 0 aromatic heterocycles. The summed E-state index contributed by atoms with van der Waals surface area (Å²) in [6.07, 6.45) is 5.19. The van der Waals surface area contributed by atoms with Crippen LogP contribution in [0, 0.1) is 5.92 Å². The fraction of sp³-hybridized carbons (Fsp3) is 0.684. The van der Waals surface area contributed by atoms with Crippen molar-refractivity contribution in [1.82, 2.24) is 10.2 Å². The minimum Gasteiger partial charge on any atom is -0.314 e. The average Bonchev–Trinajstić information content (AvgIpc) is 2.52. The van der Waals surface area contributed by atoms with Crippen LogP contribution in [0.3, 0.4) is 0 Å². The van der Waals surface area contributed by atoms with Gasteiger partial charge in [-0.2, -0.15) is 0 Å². The van der Waals surface area contributed by atoms with Gasteiger partial charge in [-0.15, -0.1) is 0 Å². The Labute approximate surface area is 130 Å². The van der Waals surface area contributed by atoms with Gasteiger partial charge in [-0.1, -0.05) is 51.1 Å². The minimum absolute atomic E-state index is 0.603. The molecule has 1 N–H and O–H groups in total. The lowest BCUT2D eigenvalue weighted by Gasteiger charge is -2.38. The fourth-order valence-corrected chi connectivity index (χ4v) is 3.42. The van der Waals surface area contributed by atoms with Crippen LogP contribution in [0.4, 0.5) is 0 Å². The third-order valence-corrected chi connectivity index (χ3v) is 4.67. The molecule has 0 bridgehead atoms. The summed E-state index contributed by atoms with van der Waals surface area (Å²) in [7, 11) is 0.